The molecule has 0 aromatic rings. The molecule has 0 heterocycles. The zero-order chi connectivity index (χ0) is 6.83. The van der Waals surface area contributed by atoms with Crippen LogP contribution in [0, 0.1) is 0 Å². The van der Waals surface area contributed by atoms with Crippen LogP contribution in [-0.4, -0.2) is 11.8 Å². The Morgan fingerprint density at radius 2 is 1.12 bits per heavy atom. The van der Waals surface area contributed by atoms with Crippen LogP contribution < -0.4 is 0 Å². The van der Waals surface area contributed by atoms with E-state index in [9.17, 15) is 0 Å². The van der Waals surface area contributed by atoms with E-state index in [1.807, 2.05) is 0 Å². The number of rotatable bonds is 1. The lowest BCUT2D eigenvalue weighted by Gasteiger charge is -1.63. The maximum Gasteiger partial charge on any atom is 0.0359 e. The van der Waals surface area contributed by atoms with Crippen LogP contribution in [0.15, 0.2) is 11.1 Å². The molecule has 0 saturated heterocycles. The van der Waals surface area contributed by atoms with Gasteiger partial charge in [0, 0.05) is 22.8 Å². The van der Waals surface area contributed by atoms with Crippen molar-refractivity contribution in [2.45, 2.75) is 0 Å². The average Bonchev–Trinajstić information content (AvgIpc) is 1.88. The second kappa shape index (κ2) is 15.7. The van der Waals surface area contributed by atoms with Crippen LogP contribution in [0.2, 0.25) is 0 Å². The number of alkyl halides is 2. The van der Waals surface area contributed by atoms with E-state index < -0.39 is 0 Å². The summed E-state index contributed by atoms with van der Waals surface area (Å²) in [6, 6.07) is 0. The molecule has 0 N–H and O–H groups in total. The standard InChI is InChI=1S/C2H4Cl2.C2H2Cl2/c2*3-1-2-4/h1-2H2;1-2H. The maximum atomic E-state index is 5.05. The molecule has 0 aromatic carbocycles. The summed E-state index contributed by atoms with van der Waals surface area (Å²) in [5.41, 5.74) is 2.48. The number of hydrogen-bond donors (Lipinski definition) is 0. The number of hydrogen-bond acceptors (Lipinski definition) is 0. The third kappa shape index (κ3) is 28.6. The Labute approximate surface area is 69.4 Å². The zero-order valence-electron chi connectivity index (χ0n) is 4.08. The van der Waals surface area contributed by atoms with E-state index in [0.717, 1.165) is 0 Å². The third-order valence-corrected chi connectivity index (χ3v) is 1.07. The lowest BCUT2D eigenvalue weighted by Crippen LogP contribution is -1.63. The summed E-state index contributed by atoms with van der Waals surface area (Å²) in [7, 11) is 0. The molecule has 0 nitrogen and oxygen atoms in total. The minimum atomic E-state index is 0.557. The maximum absolute atomic E-state index is 5.05. The lowest BCUT2D eigenvalue weighted by atomic mass is 11.0. The van der Waals surface area contributed by atoms with Gasteiger partial charge in [0.25, 0.3) is 0 Å². The average molecular weight is 196 g/mol. The van der Waals surface area contributed by atoms with Crippen molar-refractivity contribution in [2.24, 2.45) is 0 Å². The molecule has 0 atom stereocenters. The predicted octanol–water partition coefficient (Wildman–Crippen LogP) is 3.40. The highest BCUT2D eigenvalue weighted by Crippen LogP contribution is 1.78. The van der Waals surface area contributed by atoms with Crippen LogP contribution in [0.4, 0.5) is 0 Å². The van der Waals surface area contributed by atoms with Gasteiger partial charge in [0.15, 0.2) is 0 Å². The first-order valence-electron chi connectivity index (χ1n) is 1.80. The highest BCUT2D eigenvalue weighted by Gasteiger charge is 1.61. The van der Waals surface area contributed by atoms with Crippen LogP contribution >= 0.6 is 46.4 Å². The molecule has 0 aliphatic carbocycles. The van der Waals surface area contributed by atoms with Crippen LogP contribution in [0.5, 0.6) is 0 Å². The summed E-state index contributed by atoms with van der Waals surface area (Å²) in [4.78, 5) is 0. The quantitative estimate of drug-likeness (QED) is 0.563. The van der Waals surface area contributed by atoms with E-state index >= 15 is 0 Å². The van der Waals surface area contributed by atoms with Gasteiger partial charge in [0.1, 0.15) is 0 Å². The Hall–Kier alpha value is 0.900. The fraction of sp³-hybridized carbons (Fsp3) is 0.500. The van der Waals surface area contributed by atoms with Gasteiger partial charge >= 0.3 is 0 Å². The second-order valence-electron chi connectivity index (χ2n) is 0.630. The number of halogens is 4. The fourth-order valence-corrected chi connectivity index (χ4v) is 0. The predicted molar refractivity (Wildman–Crippen MR) is 42.3 cm³/mol. The minimum absolute atomic E-state index is 0.557. The molecule has 0 saturated carbocycles. The first kappa shape index (κ1) is 11.7. The largest absolute Gasteiger partial charge is 0.125 e. The molecule has 0 radical (unpaired) electrons. The molecule has 50 valence electrons. The monoisotopic (exact) mass is 194 g/mol. The summed E-state index contributed by atoms with van der Waals surface area (Å²) in [5, 5.41) is 0. The van der Waals surface area contributed by atoms with Crippen molar-refractivity contribution in [1.82, 2.24) is 0 Å². The van der Waals surface area contributed by atoms with Gasteiger partial charge < -0.3 is 0 Å². The van der Waals surface area contributed by atoms with Crippen LogP contribution in [0.3, 0.4) is 0 Å². The van der Waals surface area contributed by atoms with Crippen LogP contribution in [0.1, 0.15) is 0 Å². The molecule has 0 amide bonds. The summed E-state index contributed by atoms with van der Waals surface area (Å²) >= 11 is 19.9. The first-order valence-corrected chi connectivity index (χ1v) is 3.75. The van der Waals surface area contributed by atoms with Gasteiger partial charge in [0.05, 0.1) is 0 Å². The Morgan fingerprint density at radius 1 is 0.875 bits per heavy atom. The van der Waals surface area contributed by atoms with Crippen molar-refractivity contribution >= 4 is 46.4 Å². The van der Waals surface area contributed by atoms with Crippen molar-refractivity contribution < 1.29 is 0 Å². The van der Waals surface area contributed by atoms with Gasteiger partial charge in [-0.25, -0.2) is 0 Å². The summed E-state index contributed by atoms with van der Waals surface area (Å²) < 4.78 is 0. The molecule has 0 spiro atoms. The van der Waals surface area contributed by atoms with Crippen molar-refractivity contribution in [3.63, 3.8) is 0 Å². The highest BCUT2D eigenvalue weighted by molar-refractivity contribution is 6.33. The topological polar surface area (TPSA) is 0 Å². The molecule has 8 heavy (non-hydrogen) atoms. The van der Waals surface area contributed by atoms with Crippen molar-refractivity contribution in [3.05, 3.63) is 11.1 Å². The zero-order valence-corrected chi connectivity index (χ0v) is 7.10. The molecule has 0 aliphatic heterocycles. The van der Waals surface area contributed by atoms with E-state index in [4.69, 9.17) is 46.4 Å². The van der Waals surface area contributed by atoms with Gasteiger partial charge in [-0.05, 0) is 0 Å². The van der Waals surface area contributed by atoms with E-state index in [-0.39, 0.29) is 0 Å². The second-order valence-corrected chi connectivity index (χ2v) is 1.89. The van der Waals surface area contributed by atoms with E-state index in [1.165, 1.54) is 11.1 Å². The minimum Gasteiger partial charge on any atom is -0.125 e. The van der Waals surface area contributed by atoms with Gasteiger partial charge in [-0.15, -0.1) is 23.2 Å². The molecule has 0 aliphatic rings. The molecule has 0 fully saturated rings. The first-order chi connectivity index (χ1) is 3.83. The molecule has 0 bridgehead atoms. The van der Waals surface area contributed by atoms with Gasteiger partial charge in [0.2, 0.25) is 0 Å². The Bertz CT molecular complexity index is 37.3. The lowest BCUT2D eigenvalue weighted by molar-refractivity contribution is 1.52. The summed E-state index contributed by atoms with van der Waals surface area (Å²) in [6.07, 6.45) is 0. The SMILES string of the molecule is ClC=CCl.ClCCCl. The summed E-state index contributed by atoms with van der Waals surface area (Å²) in [6.45, 7) is 0. The van der Waals surface area contributed by atoms with Crippen LogP contribution in [-0.2, 0) is 0 Å². The molecule has 4 heteroatoms. The molecule has 0 unspecified atom stereocenters. The molecular formula is C4H6Cl4. The molecular weight excluding hydrogens is 190 g/mol. The smallest absolute Gasteiger partial charge is 0.0359 e. The van der Waals surface area contributed by atoms with Crippen molar-refractivity contribution in [3.8, 4) is 0 Å². The van der Waals surface area contributed by atoms with Crippen molar-refractivity contribution in [2.75, 3.05) is 11.8 Å². The Morgan fingerprint density at radius 3 is 1.12 bits per heavy atom. The molecule has 0 aromatic heterocycles. The van der Waals surface area contributed by atoms with E-state index in [1.54, 1.807) is 0 Å². The Kier molecular flexibility index (Phi) is 22.8. The van der Waals surface area contributed by atoms with Gasteiger partial charge in [-0.2, -0.15) is 0 Å². The third-order valence-electron chi connectivity index (χ3n) is 0.119. The Balaban J connectivity index is 0. The highest BCUT2D eigenvalue weighted by atomic mass is 35.5. The van der Waals surface area contributed by atoms with Gasteiger partial charge in [-0.3, -0.25) is 0 Å². The van der Waals surface area contributed by atoms with Gasteiger partial charge in [-0.1, -0.05) is 23.2 Å². The summed E-state index contributed by atoms with van der Waals surface area (Å²) in [5.74, 6) is 1.11. The van der Waals surface area contributed by atoms with E-state index in [0.29, 0.717) is 11.8 Å². The molecule has 0 rings (SSSR count). The van der Waals surface area contributed by atoms with Crippen molar-refractivity contribution in [1.29, 1.82) is 0 Å². The normalized spacial score (nSPS) is 8.50. The fourth-order valence-electron chi connectivity index (χ4n) is 0. The van der Waals surface area contributed by atoms with E-state index in [2.05, 4.69) is 0 Å². The van der Waals surface area contributed by atoms with Crippen LogP contribution in [0.25, 0.3) is 0 Å².